The molecule has 1 N–H and O–H groups in total. The highest BCUT2D eigenvalue weighted by Crippen LogP contribution is 2.25. The van der Waals surface area contributed by atoms with Gasteiger partial charge in [0.25, 0.3) is 11.9 Å². The van der Waals surface area contributed by atoms with E-state index in [9.17, 15) is 4.79 Å². The van der Waals surface area contributed by atoms with E-state index in [4.69, 9.17) is 9.15 Å². The molecule has 1 saturated heterocycles. The first-order valence-corrected chi connectivity index (χ1v) is 8.59. The molecule has 1 aromatic carbocycles. The molecule has 0 aliphatic carbocycles. The van der Waals surface area contributed by atoms with Gasteiger partial charge in [-0.15, -0.1) is 0 Å². The van der Waals surface area contributed by atoms with Gasteiger partial charge in [0, 0.05) is 19.2 Å². The van der Waals surface area contributed by atoms with Crippen LogP contribution in [0.25, 0.3) is 0 Å². The number of likely N-dealkylation sites (tertiary alicyclic amines) is 1. The van der Waals surface area contributed by atoms with E-state index in [1.807, 2.05) is 35.2 Å². The normalized spacial score (nSPS) is 15.5. The molecule has 0 spiro atoms. The third-order valence-corrected chi connectivity index (χ3v) is 4.34. The Morgan fingerprint density at radius 1 is 1.21 bits per heavy atom. The van der Waals surface area contributed by atoms with Crippen LogP contribution in [0.15, 0.2) is 46.9 Å². The minimum Gasteiger partial charge on any atom is -0.426 e. The molecular weight excluding hydrogens is 304 g/mol. The van der Waals surface area contributed by atoms with E-state index in [-0.39, 0.29) is 5.91 Å². The summed E-state index contributed by atoms with van der Waals surface area (Å²) in [4.78, 5) is 14.4. The molecule has 5 heteroatoms. The van der Waals surface area contributed by atoms with Crippen LogP contribution in [0.1, 0.15) is 30.3 Å². The Balaban J connectivity index is 1.54. The zero-order chi connectivity index (χ0) is 16.8. The Hall–Kier alpha value is -2.27. The zero-order valence-corrected chi connectivity index (χ0v) is 14.0. The first kappa shape index (κ1) is 16.6. The lowest BCUT2D eigenvalue weighted by molar-refractivity contribution is 0.0653. The van der Waals surface area contributed by atoms with E-state index in [2.05, 4.69) is 12.2 Å². The van der Waals surface area contributed by atoms with E-state index in [0.29, 0.717) is 23.4 Å². The van der Waals surface area contributed by atoms with Gasteiger partial charge in [-0.3, -0.25) is 4.79 Å². The van der Waals surface area contributed by atoms with Crippen LogP contribution in [-0.2, 0) is 0 Å². The minimum atomic E-state index is -0.0557. The largest absolute Gasteiger partial charge is 0.426 e. The van der Waals surface area contributed by atoms with Gasteiger partial charge in [-0.05, 0) is 50.0 Å². The highest BCUT2D eigenvalue weighted by Gasteiger charge is 2.25. The Kier molecular flexibility index (Phi) is 5.54. The van der Waals surface area contributed by atoms with Crippen molar-refractivity contribution in [2.24, 2.45) is 5.92 Å². The van der Waals surface area contributed by atoms with E-state index in [1.165, 1.54) is 0 Å². The van der Waals surface area contributed by atoms with Crippen molar-refractivity contribution in [2.75, 3.05) is 26.2 Å². The topological polar surface area (TPSA) is 54.7 Å². The lowest BCUT2D eigenvalue weighted by atomic mass is 9.96. The van der Waals surface area contributed by atoms with Gasteiger partial charge >= 0.3 is 0 Å². The van der Waals surface area contributed by atoms with Gasteiger partial charge < -0.3 is 19.4 Å². The smallest absolute Gasteiger partial charge is 0.290 e. The molecule has 1 aliphatic heterocycles. The van der Waals surface area contributed by atoms with E-state index in [1.54, 1.807) is 12.1 Å². The standard InChI is InChI=1S/C19H24N2O3/c1-2-20-14-15-10-12-21(13-11-15)19(22)17-8-9-18(24-17)23-16-6-4-3-5-7-16/h3-9,15,20H,2,10-14H2,1H3. The van der Waals surface area contributed by atoms with E-state index < -0.39 is 0 Å². The molecule has 0 saturated carbocycles. The molecule has 0 radical (unpaired) electrons. The molecule has 1 fully saturated rings. The van der Waals surface area contributed by atoms with Crippen LogP contribution in [0.2, 0.25) is 0 Å². The average Bonchev–Trinajstić information content (AvgIpc) is 3.09. The Bertz CT molecular complexity index is 646. The fourth-order valence-corrected chi connectivity index (χ4v) is 2.94. The summed E-state index contributed by atoms with van der Waals surface area (Å²) in [5, 5.41) is 3.38. The van der Waals surface area contributed by atoms with Crippen LogP contribution in [0.5, 0.6) is 11.7 Å². The molecule has 5 nitrogen and oxygen atoms in total. The van der Waals surface area contributed by atoms with Crippen LogP contribution >= 0.6 is 0 Å². The van der Waals surface area contributed by atoms with Crippen LogP contribution in [0.3, 0.4) is 0 Å². The monoisotopic (exact) mass is 328 g/mol. The van der Waals surface area contributed by atoms with Crippen LogP contribution in [0.4, 0.5) is 0 Å². The maximum Gasteiger partial charge on any atom is 0.290 e. The highest BCUT2D eigenvalue weighted by atomic mass is 16.6. The molecule has 2 heterocycles. The predicted octanol–water partition coefficient (Wildman–Crippen LogP) is 3.53. The van der Waals surface area contributed by atoms with Gasteiger partial charge in [0.1, 0.15) is 5.75 Å². The predicted molar refractivity (Wildman–Crippen MR) is 92.4 cm³/mol. The van der Waals surface area contributed by atoms with Crippen molar-refractivity contribution < 1.29 is 13.9 Å². The number of carbonyl (C=O) groups excluding carboxylic acids is 1. The van der Waals surface area contributed by atoms with Crippen molar-refractivity contribution in [3.63, 3.8) is 0 Å². The first-order valence-electron chi connectivity index (χ1n) is 8.59. The molecular formula is C19H24N2O3. The second-order valence-corrected chi connectivity index (χ2v) is 6.08. The lowest BCUT2D eigenvalue weighted by Crippen LogP contribution is -2.40. The van der Waals surface area contributed by atoms with Crippen molar-refractivity contribution in [2.45, 2.75) is 19.8 Å². The lowest BCUT2D eigenvalue weighted by Gasteiger charge is -2.31. The highest BCUT2D eigenvalue weighted by molar-refractivity contribution is 5.91. The number of nitrogens with zero attached hydrogens (tertiary/aromatic N) is 1. The Labute approximate surface area is 142 Å². The van der Waals surface area contributed by atoms with Gasteiger partial charge in [-0.2, -0.15) is 0 Å². The van der Waals surface area contributed by atoms with Crippen molar-refractivity contribution in [3.8, 4) is 11.7 Å². The Morgan fingerprint density at radius 2 is 1.96 bits per heavy atom. The molecule has 1 aromatic heterocycles. The SMILES string of the molecule is CCNCC1CCN(C(=O)c2ccc(Oc3ccccc3)o2)CC1. The number of carbonyl (C=O) groups is 1. The number of ether oxygens (including phenoxy) is 1. The summed E-state index contributed by atoms with van der Waals surface area (Å²) in [6, 6.07) is 12.8. The van der Waals surface area contributed by atoms with Crippen LogP contribution in [0, 0.1) is 5.92 Å². The third kappa shape index (κ3) is 4.17. The number of rotatable bonds is 6. The third-order valence-electron chi connectivity index (χ3n) is 4.34. The second-order valence-electron chi connectivity index (χ2n) is 6.08. The number of para-hydroxylation sites is 1. The summed E-state index contributed by atoms with van der Waals surface area (Å²) in [6.45, 7) is 5.71. The summed E-state index contributed by atoms with van der Waals surface area (Å²) in [7, 11) is 0. The number of amides is 1. The summed E-state index contributed by atoms with van der Waals surface area (Å²) >= 11 is 0. The van der Waals surface area contributed by atoms with Crippen molar-refractivity contribution >= 4 is 5.91 Å². The number of piperidine rings is 1. The number of furan rings is 1. The maximum absolute atomic E-state index is 12.5. The van der Waals surface area contributed by atoms with E-state index in [0.717, 1.165) is 39.0 Å². The number of hydrogen-bond acceptors (Lipinski definition) is 4. The molecule has 1 aliphatic rings. The number of nitrogens with one attached hydrogen (secondary N) is 1. The van der Waals surface area contributed by atoms with Gasteiger partial charge in [0.05, 0.1) is 0 Å². The van der Waals surface area contributed by atoms with Crippen molar-refractivity contribution in [1.29, 1.82) is 0 Å². The fourth-order valence-electron chi connectivity index (χ4n) is 2.94. The molecule has 0 atom stereocenters. The van der Waals surface area contributed by atoms with Gasteiger partial charge in [-0.25, -0.2) is 0 Å². The summed E-state index contributed by atoms with van der Waals surface area (Å²) < 4.78 is 11.2. The molecule has 1 amide bonds. The molecule has 2 aromatic rings. The molecule has 3 rings (SSSR count). The van der Waals surface area contributed by atoms with Gasteiger partial charge in [0.2, 0.25) is 0 Å². The molecule has 0 unspecified atom stereocenters. The summed E-state index contributed by atoms with van der Waals surface area (Å²) in [5.74, 6) is 1.97. The average molecular weight is 328 g/mol. The molecule has 24 heavy (non-hydrogen) atoms. The quantitative estimate of drug-likeness (QED) is 0.881. The van der Waals surface area contributed by atoms with Crippen LogP contribution < -0.4 is 10.1 Å². The minimum absolute atomic E-state index is 0.0557. The number of benzene rings is 1. The fraction of sp³-hybridized carbons (Fsp3) is 0.421. The molecule has 0 bridgehead atoms. The second kappa shape index (κ2) is 8.02. The van der Waals surface area contributed by atoms with Gasteiger partial charge in [-0.1, -0.05) is 25.1 Å². The summed E-state index contributed by atoms with van der Waals surface area (Å²) in [6.07, 6.45) is 2.07. The zero-order valence-electron chi connectivity index (χ0n) is 14.0. The Morgan fingerprint density at radius 3 is 2.67 bits per heavy atom. The van der Waals surface area contributed by atoms with Gasteiger partial charge in [0.15, 0.2) is 5.76 Å². The van der Waals surface area contributed by atoms with Crippen molar-refractivity contribution in [1.82, 2.24) is 10.2 Å². The number of hydrogen-bond donors (Lipinski definition) is 1. The van der Waals surface area contributed by atoms with Crippen LogP contribution in [-0.4, -0.2) is 37.0 Å². The first-order chi connectivity index (χ1) is 11.8. The van der Waals surface area contributed by atoms with Crippen molar-refractivity contribution in [3.05, 3.63) is 48.2 Å². The maximum atomic E-state index is 12.5. The summed E-state index contributed by atoms with van der Waals surface area (Å²) in [5.41, 5.74) is 0. The van der Waals surface area contributed by atoms with E-state index >= 15 is 0 Å². The molecule has 128 valence electrons.